The number of hydrogen-bond acceptors (Lipinski definition) is 5. The van der Waals surface area contributed by atoms with Crippen LogP contribution < -0.4 is 9.64 Å². The lowest BCUT2D eigenvalue weighted by Crippen LogP contribution is -2.30. The number of hydrogen-bond donors (Lipinski definition) is 0. The van der Waals surface area contributed by atoms with Crippen LogP contribution >= 0.6 is 0 Å². The SMILES string of the molecule is Cc1cc(OC(=O)[C@@H]2CC(=O)N([C@H](C)c3ccccc3)C2)ccc1N1C(=O)c2ccccc2C1=O. The van der Waals surface area contributed by atoms with Crippen molar-refractivity contribution in [2.24, 2.45) is 5.92 Å². The second-order valence-electron chi connectivity index (χ2n) is 8.89. The first-order valence-corrected chi connectivity index (χ1v) is 11.5. The van der Waals surface area contributed by atoms with Crippen molar-refractivity contribution >= 4 is 29.4 Å². The van der Waals surface area contributed by atoms with Crippen LogP contribution in [0.1, 0.15) is 51.2 Å². The molecular formula is C28H24N2O5. The van der Waals surface area contributed by atoms with E-state index in [-0.39, 0.29) is 30.2 Å². The van der Waals surface area contributed by atoms with Gasteiger partial charge in [-0.25, -0.2) is 4.90 Å². The Balaban J connectivity index is 1.28. The van der Waals surface area contributed by atoms with Gasteiger partial charge in [0.05, 0.1) is 28.8 Å². The molecule has 0 aromatic heterocycles. The monoisotopic (exact) mass is 468 g/mol. The smallest absolute Gasteiger partial charge is 0.316 e. The highest BCUT2D eigenvalue weighted by molar-refractivity contribution is 6.34. The number of fused-ring (bicyclic) bond motifs is 1. The largest absolute Gasteiger partial charge is 0.426 e. The van der Waals surface area contributed by atoms with Crippen LogP contribution in [-0.2, 0) is 9.59 Å². The number of rotatable bonds is 5. The standard InChI is InChI=1S/C28H24N2O5/c1-17-14-21(12-13-24(17)30-26(32)22-10-6-7-11-23(22)27(30)33)35-28(34)20-15-25(31)29(16-20)18(2)19-8-4-3-5-9-19/h3-14,18,20H,15-16H2,1-2H3/t18-,20-/m1/s1. The minimum absolute atomic E-state index is 0.0829. The number of ether oxygens (including phenoxy) is 1. The summed E-state index contributed by atoms with van der Waals surface area (Å²) in [6.45, 7) is 3.99. The molecule has 2 heterocycles. The summed E-state index contributed by atoms with van der Waals surface area (Å²) >= 11 is 0. The molecular weight excluding hydrogens is 444 g/mol. The molecule has 0 N–H and O–H groups in total. The zero-order chi connectivity index (χ0) is 24.7. The molecule has 0 spiro atoms. The fourth-order valence-corrected chi connectivity index (χ4v) is 4.73. The van der Waals surface area contributed by atoms with Crippen molar-refractivity contribution in [3.63, 3.8) is 0 Å². The summed E-state index contributed by atoms with van der Waals surface area (Å²) in [4.78, 5) is 53.9. The summed E-state index contributed by atoms with van der Waals surface area (Å²) in [7, 11) is 0. The molecule has 176 valence electrons. The van der Waals surface area contributed by atoms with E-state index in [2.05, 4.69) is 0 Å². The van der Waals surface area contributed by atoms with Crippen molar-refractivity contribution in [3.8, 4) is 5.75 Å². The van der Waals surface area contributed by atoms with E-state index in [4.69, 9.17) is 4.74 Å². The predicted molar refractivity (Wildman–Crippen MR) is 129 cm³/mol. The van der Waals surface area contributed by atoms with Crippen LogP contribution in [0.25, 0.3) is 0 Å². The number of aryl methyl sites for hydroxylation is 1. The number of likely N-dealkylation sites (tertiary alicyclic amines) is 1. The van der Waals surface area contributed by atoms with Crippen LogP contribution in [0.2, 0.25) is 0 Å². The van der Waals surface area contributed by atoms with Gasteiger partial charge >= 0.3 is 5.97 Å². The topological polar surface area (TPSA) is 84.0 Å². The van der Waals surface area contributed by atoms with Crippen molar-refractivity contribution in [2.75, 3.05) is 11.4 Å². The van der Waals surface area contributed by atoms with Gasteiger partial charge in [0, 0.05) is 13.0 Å². The molecule has 7 nitrogen and oxygen atoms in total. The Morgan fingerprint density at radius 2 is 1.54 bits per heavy atom. The van der Waals surface area contributed by atoms with Gasteiger partial charge in [0.2, 0.25) is 5.91 Å². The van der Waals surface area contributed by atoms with E-state index in [1.165, 1.54) is 0 Å². The van der Waals surface area contributed by atoms with Gasteiger partial charge in [-0.1, -0.05) is 42.5 Å². The van der Waals surface area contributed by atoms with Crippen LogP contribution in [0.3, 0.4) is 0 Å². The van der Waals surface area contributed by atoms with E-state index in [1.54, 1.807) is 54.3 Å². The van der Waals surface area contributed by atoms with Crippen LogP contribution in [0.5, 0.6) is 5.75 Å². The van der Waals surface area contributed by atoms with E-state index in [9.17, 15) is 19.2 Å². The van der Waals surface area contributed by atoms with Crippen LogP contribution in [0, 0.1) is 12.8 Å². The highest BCUT2D eigenvalue weighted by Crippen LogP contribution is 2.33. The van der Waals surface area contributed by atoms with Gasteiger partial charge < -0.3 is 9.64 Å². The lowest BCUT2D eigenvalue weighted by atomic mass is 10.1. The second kappa shape index (κ2) is 8.83. The molecule has 3 aromatic rings. The van der Waals surface area contributed by atoms with Crippen molar-refractivity contribution in [1.29, 1.82) is 0 Å². The fraction of sp³-hybridized carbons (Fsp3) is 0.214. The summed E-state index contributed by atoms with van der Waals surface area (Å²) < 4.78 is 5.59. The maximum Gasteiger partial charge on any atom is 0.316 e. The van der Waals surface area contributed by atoms with Gasteiger partial charge in [-0.15, -0.1) is 0 Å². The third kappa shape index (κ3) is 3.99. The quantitative estimate of drug-likeness (QED) is 0.317. The molecule has 2 aliphatic heterocycles. The lowest BCUT2D eigenvalue weighted by molar-refractivity contribution is -0.139. The average Bonchev–Trinajstić information content (AvgIpc) is 3.37. The van der Waals surface area contributed by atoms with Gasteiger partial charge in [-0.2, -0.15) is 0 Å². The summed E-state index contributed by atoms with van der Waals surface area (Å²) in [5.74, 6) is -1.58. The minimum atomic E-state index is -0.565. The Kier molecular flexibility index (Phi) is 5.68. The molecule has 0 saturated carbocycles. The van der Waals surface area contributed by atoms with Crippen LogP contribution in [-0.4, -0.2) is 35.1 Å². The number of nitrogens with zero attached hydrogens (tertiary/aromatic N) is 2. The van der Waals surface area contributed by atoms with E-state index >= 15 is 0 Å². The number of carbonyl (C=O) groups is 4. The average molecular weight is 469 g/mol. The first-order chi connectivity index (χ1) is 16.8. The minimum Gasteiger partial charge on any atom is -0.426 e. The van der Waals surface area contributed by atoms with E-state index < -0.39 is 11.9 Å². The number of imide groups is 1. The highest BCUT2D eigenvalue weighted by Gasteiger charge is 2.39. The first kappa shape index (κ1) is 22.5. The Bertz CT molecular complexity index is 1320. The van der Waals surface area contributed by atoms with E-state index in [0.717, 1.165) is 10.5 Å². The van der Waals surface area contributed by atoms with Crippen molar-refractivity contribution in [1.82, 2.24) is 4.90 Å². The zero-order valence-electron chi connectivity index (χ0n) is 19.4. The maximum absolute atomic E-state index is 12.9. The Labute approximate surface area is 202 Å². The van der Waals surface area contributed by atoms with Crippen LogP contribution in [0.4, 0.5) is 5.69 Å². The fourth-order valence-electron chi connectivity index (χ4n) is 4.73. The normalized spacial score (nSPS) is 18.1. The van der Waals surface area contributed by atoms with Gasteiger partial charge in [0.15, 0.2) is 0 Å². The van der Waals surface area contributed by atoms with E-state index in [1.807, 2.05) is 37.3 Å². The molecule has 35 heavy (non-hydrogen) atoms. The lowest BCUT2D eigenvalue weighted by Gasteiger charge is -2.25. The van der Waals surface area contributed by atoms with Gasteiger partial charge in [-0.3, -0.25) is 19.2 Å². The van der Waals surface area contributed by atoms with Gasteiger partial charge in [-0.05, 0) is 55.3 Å². The molecule has 2 aliphatic rings. The van der Waals surface area contributed by atoms with Gasteiger partial charge in [0.1, 0.15) is 5.75 Å². The third-order valence-corrected chi connectivity index (χ3v) is 6.66. The summed E-state index contributed by atoms with van der Waals surface area (Å²) in [5.41, 5.74) is 2.80. The molecule has 0 radical (unpaired) electrons. The third-order valence-electron chi connectivity index (χ3n) is 6.66. The van der Waals surface area contributed by atoms with Gasteiger partial charge in [0.25, 0.3) is 11.8 Å². The molecule has 7 heteroatoms. The molecule has 3 aromatic carbocycles. The molecule has 0 unspecified atom stereocenters. The maximum atomic E-state index is 12.9. The number of carbonyl (C=O) groups excluding carboxylic acids is 4. The summed E-state index contributed by atoms with van der Waals surface area (Å²) in [6, 6.07) is 21.0. The van der Waals surface area contributed by atoms with Crippen molar-refractivity contribution < 1.29 is 23.9 Å². The highest BCUT2D eigenvalue weighted by atomic mass is 16.5. The Morgan fingerprint density at radius 1 is 0.914 bits per heavy atom. The number of benzene rings is 3. The Hall–Kier alpha value is -4.26. The molecule has 0 aliphatic carbocycles. The molecule has 3 amide bonds. The molecule has 0 bridgehead atoms. The molecule has 5 rings (SSSR count). The predicted octanol–water partition coefficient (Wildman–Crippen LogP) is 4.31. The summed E-state index contributed by atoms with van der Waals surface area (Å²) in [6.07, 6.45) is 0.0993. The first-order valence-electron chi connectivity index (χ1n) is 11.5. The van der Waals surface area contributed by atoms with Crippen molar-refractivity contribution in [2.45, 2.75) is 26.3 Å². The molecule has 1 fully saturated rings. The molecule has 2 atom stereocenters. The van der Waals surface area contributed by atoms with Crippen molar-refractivity contribution in [3.05, 3.63) is 95.1 Å². The number of esters is 1. The second-order valence-corrected chi connectivity index (χ2v) is 8.89. The zero-order valence-corrected chi connectivity index (χ0v) is 19.4. The Morgan fingerprint density at radius 3 is 2.17 bits per heavy atom. The summed E-state index contributed by atoms with van der Waals surface area (Å²) in [5, 5.41) is 0. The number of amides is 3. The van der Waals surface area contributed by atoms with Crippen LogP contribution in [0.15, 0.2) is 72.8 Å². The molecule has 1 saturated heterocycles. The van der Waals surface area contributed by atoms with E-state index in [0.29, 0.717) is 34.7 Å². The number of anilines is 1.